The molecule has 10 heteroatoms. The number of pyridine rings is 1. The summed E-state index contributed by atoms with van der Waals surface area (Å²) in [5.74, 6) is 0.591. The van der Waals surface area contributed by atoms with Crippen LogP contribution >= 0.6 is 0 Å². The number of hydrogen-bond acceptors (Lipinski definition) is 8. The zero-order chi connectivity index (χ0) is 18.7. The highest BCUT2D eigenvalue weighted by molar-refractivity contribution is 5.67. The summed E-state index contributed by atoms with van der Waals surface area (Å²) in [6.45, 7) is 2.00. The SMILES string of the molecule is N#Cc1cccnc1N1CCN(c2ccc([N+](=O)[O-])cc2[N+](=O)[O-])CC1. The molecule has 0 radical (unpaired) electrons. The number of nitriles is 1. The summed E-state index contributed by atoms with van der Waals surface area (Å²) in [5.41, 5.74) is 0.221. The number of nitro groups is 2. The van der Waals surface area contributed by atoms with Crippen LogP contribution in [0.3, 0.4) is 0 Å². The molecule has 0 bridgehead atoms. The van der Waals surface area contributed by atoms with Gasteiger partial charge in [0.2, 0.25) is 0 Å². The van der Waals surface area contributed by atoms with E-state index in [0.29, 0.717) is 43.2 Å². The van der Waals surface area contributed by atoms with Gasteiger partial charge < -0.3 is 9.80 Å². The number of nitro benzene ring substituents is 2. The molecule has 132 valence electrons. The van der Waals surface area contributed by atoms with E-state index in [4.69, 9.17) is 0 Å². The zero-order valence-electron chi connectivity index (χ0n) is 13.6. The molecule has 1 aliphatic heterocycles. The first-order valence-electron chi connectivity index (χ1n) is 7.79. The third-order valence-corrected chi connectivity index (χ3v) is 4.19. The second kappa shape index (κ2) is 7.02. The molecule has 0 unspecified atom stereocenters. The number of anilines is 2. The third-order valence-electron chi connectivity index (χ3n) is 4.19. The lowest BCUT2D eigenvalue weighted by Gasteiger charge is -2.36. The molecule has 1 fully saturated rings. The highest BCUT2D eigenvalue weighted by Crippen LogP contribution is 2.33. The van der Waals surface area contributed by atoms with Crippen LogP contribution in [0.5, 0.6) is 0 Å². The molecule has 2 aromatic rings. The summed E-state index contributed by atoms with van der Waals surface area (Å²) in [7, 11) is 0. The maximum atomic E-state index is 11.3. The fourth-order valence-corrected chi connectivity index (χ4v) is 2.93. The summed E-state index contributed by atoms with van der Waals surface area (Å²) in [6.07, 6.45) is 1.61. The molecule has 0 atom stereocenters. The van der Waals surface area contributed by atoms with Gasteiger partial charge in [0.05, 0.1) is 21.5 Å². The van der Waals surface area contributed by atoms with Crippen molar-refractivity contribution in [3.8, 4) is 6.07 Å². The van der Waals surface area contributed by atoms with Crippen molar-refractivity contribution in [1.82, 2.24) is 4.98 Å². The van der Waals surface area contributed by atoms with Crippen molar-refractivity contribution in [3.63, 3.8) is 0 Å². The number of non-ortho nitro benzene ring substituents is 1. The number of rotatable bonds is 4. The van der Waals surface area contributed by atoms with E-state index in [2.05, 4.69) is 11.1 Å². The normalized spacial score (nSPS) is 14.0. The van der Waals surface area contributed by atoms with Gasteiger partial charge in [0.15, 0.2) is 0 Å². The molecule has 3 rings (SSSR count). The molecular formula is C16H14N6O4. The van der Waals surface area contributed by atoms with Gasteiger partial charge in [-0.15, -0.1) is 0 Å². The lowest BCUT2D eigenvalue weighted by atomic mass is 10.2. The largest absolute Gasteiger partial charge is 0.362 e. The van der Waals surface area contributed by atoms with Gasteiger partial charge in [-0.05, 0) is 18.2 Å². The van der Waals surface area contributed by atoms with Crippen molar-refractivity contribution in [2.24, 2.45) is 0 Å². The monoisotopic (exact) mass is 354 g/mol. The van der Waals surface area contributed by atoms with E-state index in [1.807, 2.05) is 9.80 Å². The van der Waals surface area contributed by atoms with Gasteiger partial charge in [-0.2, -0.15) is 5.26 Å². The van der Waals surface area contributed by atoms with Crippen LogP contribution in [0, 0.1) is 31.6 Å². The standard InChI is InChI=1S/C16H14N6O4/c17-11-12-2-1-5-18-16(12)20-8-6-19(7-9-20)14-4-3-13(21(23)24)10-15(14)22(25)26/h1-5,10H,6-9H2. The molecule has 1 aromatic heterocycles. The Hall–Kier alpha value is -3.74. The second-order valence-corrected chi connectivity index (χ2v) is 5.65. The molecule has 0 spiro atoms. The summed E-state index contributed by atoms with van der Waals surface area (Å²) in [4.78, 5) is 28.9. The number of nitrogens with zero attached hydrogens (tertiary/aromatic N) is 6. The maximum Gasteiger partial charge on any atom is 0.299 e. The summed E-state index contributed by atoms with van der Waals surface area (Å²) < 4.78 is 0. The molecule has 0 N–H and O–H groups in total. The summed E-state index contributed by atoms with van der Waals surface area (Å²) in [5, 5.41) is 31.4. The summed E-state index contributed by atoms with van der Waals surface area (Å²) in [6, 6.07) is 9.14. The highest BCUT2D eigenvalue weighted by atomic mass is 16.6. The van der Waals surface area contributed by atoms with E-state index in [9.17, 15) is 25.5 Å². The number of aromatic nitrogens is 1. The van der Waals surface area contributed by atoms with E-state index in [1.54, 1.807) is 18.3 Å². The predicted molar refractivity (Wildman–Crippen MR) is 93.1 cm³/mol. The molecule has 0 aliphatic carbocycles. The van der Waals surface area contributed by atoms with Gasteiger partial charge in [-0.1, -0.05) is 0 Å². The summed E-state index contributed by atoms with van der Waals surface area (Å²) >= 11 is 0. The Morgan fingerprint density at radius 2 is 1.73 bits per heavy atom. The first-order chi connectivity index (χ1) is 12.5. The minimum Gasteiger partial charge on any atom is -0.362 e. The zero-order valence-corrected chi connectivity index (χ0v) is 13.6. The van der Waals surface area contributed by atoms with Gasteiger partial charge in [0.1, 0.15) is 17.6 Å². The molecular weight excluding hydrogens is 340 g/mol. The van der Waals surface area contributed by atoms with Crippen molar-refractivity contribution < 1.29 is 9.85 Å². The van der Waals surface area contributed by atoms with E-state index < -0.39 is 9.85 Å². The van der Waals surface area contributed by atoms with Crippen LogP contribution in [0.1, 0.15) is 5.56 Å². The Kier molecular flexibility index (Phi) is 4.62. The fourth-order valence-electron chi connectivity index (χ4n) is 2.93. The molecule has 2 heterocycles. The first-order valence-corrected chi connectivity index (χ1v) is 7.79. The minimum absolute atomic E-state index is 0.289. The van der Waals surface area contributed by atoms with E-state index in [1.165, 1.54) is 12.1 Å². The minimum atomic E-state index is -0.654. The Morgan fingerprint density at radius 3 is 2.35 bits per heavy atom. The van der Waals surface area contributed by atoms with Crippen LogP contribution in [-0.4, -0.2) is 41.0 Å². The Morgan fingerprint density at radius 1 is 1.04 bits per heavy atom. The van der Waals surface area contributed by atoms with Gasteiger partial charge in [0, 0.05) is 38.4 Å². The number of benzene rings is 1. The smallest absolute Gasteiger partial charge is 0.299 e. The van der Waals surface area contributed by atoms with Crippen molar-refractivity contribution in [1.29, 1.82) is 5.26 Å². The van der Waals surface area contributed by atoms with Crippen LogP contribution < -0.4 is 9.80 Å². The predicted octanol–water partition coefficient (Wildman–Crippen LogP) is 2.10. The average Bonchev–Trinajstić information content (AvgIpc) is 2.67. The van der Waals surface area contributed by atoms with Gasteiger partial charge in [-0.3, -0.25) is 20.2 Å². The molecule has 0 amide bonds. The molecule has 1 aliphatic rings. The van der Waals surface area contributed by atoms with Crippen molar-refractivity contribution in [2.45, 2.75) is 0 Å². The molecule has 0 saturated carbocycles. The molecule has 1 saturated heterocycles. The van der Waals surface area contributed by atoms with Crippen LogP contribution in [0.2, 0.25) is 0 Å². The van der Waals surface area contributed by atoms with Crippen molar-refractivity contribution >= 4 is 22.9 Å². The van der Waals surface area contributed by atoms with Crippen LogP contribution in [0.15, 0.2) is 36.5 Å². The van der Waals surface area contributed by atoms with E-state index in [-0.39, 0.29) is 11.4 Å². The Bertz CT molecular complexity index is 902. The number of hydrogen-bond donors (Lipinski definition) is 0. The van der Waals surface area contributed by atoms with Crippen molar-refractivity contribution in [2.75, 3.05) is 36.0 Å². The fraction of sp³-hybridized carbons (Fsp3) is 0.250. The van der Waals surface area contributed by atoms with E-state index in [0.717, 1.165) is 6.07 Å². The van der Waals surface area contributed by atoms with Crippen LogP contribution in [-0.2, 0) is 0 Å². The second-order valence-electron chi connectivity index (χ2n) is 5.65. The van der Waals surface area contributed by atoms with Crippen LogP contribution in [0.4, 0.5) is 22.9 Å². The average molecular weight is 354 g/mol. The van der Waals surface area contributed by atoms with Crippen LogP contribution in [0.25, 0.3) is 0 Å². The maximum absolute atomic E-state index is 11.3. The first kappa shape index (κ1) is 17.1. The lowest BCUT2D eigenvalue weighted by Crippen LogP contribution is -2.47. The van der Waals surface area contributed by atoms with E-state index >= 15 is 0 Å². The Labute approximate surface area is 148 Å². The quantitative estimate of drug-likeness (QED) is 0.603. The van der Waals surface area contributed by atoms with Gasteiger partial charge in [-0.25, -0.2) is 4.98 Å². The van der Waals surface area contributed by atoms with Crippen molar-refractivity contribution in [3.05, 3.63) is 62.3 Å². The molecule has 10 nitrogen and oxygen atoms in total. The lowest BCUT2D eigenvalue weighted by molar-refractivity contribution is -0.393. The van der Waals surface area contributed by atoms with Gasteiger partial charge in [0.25, 0.3) is 11.4 Å². The highest BCUT2D eigenvalue weighted by Gasteiger charge is 2.27. The molecule has 1 aromatic carbocycles. The van der Waals surface area contributed by atoms with Gasteiger partial charge >= 0.3 is 0 Å². The third kappa shape index (κ3) is 3.23. The topological polar surface area (TPSA) is 129 Å². The number of piperazine rings is 1. The molecule has 26 heavy (non-hydrogen) atoms. The Balaban J connectivity index is 1.81.